The number of carbonyl (C=O) groups is 1. The molecule has 0 aliphatic carbocycles. The first-order valence-corrected chi connectivity index (χ1v) is 13.2. The summed E-state index contributed by atoms with van der Waals surface area (Å²) in [5, 5.41) is 2.83. The fourth-order valence-corrected chi connectivity index (χ4v) is 4.95. The number of nitrogens with zero attached hydrogens (tertiary/aromatic N) is 4. The minimum atomic E-state index is -0.365. The van der Waals surface area contributed by atoms with E-state index in [1.807, 2.05) is 49.5 Å². The summed E-state index contributed by atoms with van der Waals surface area (Å²) in [4.78, 5) is 31.1. The SMILES string of the molecule is Cc1ccc(-n2c(C)cc(C=Nc3cccc(C(=O)Nc4c(C)n(C)n(-c5ccccc5)c4=O)c3)c2C)cc1C. The normalized spacial score (nSPS) is 11.3. The molecule has 0 spiro atoms. The molecule has 0 bridgehead atoms. The summed E-state index contributed by atoms with van der Waals surface area (Å²) in [6, 6.07) is 25.0. The van der Waals surface area contributed by atoms with E-state index < -0.39 is 0 Å². The molecule has 1 amide bonds. The summed E-state index contributed by atoms with van der Waals surface area (Å²) in [5.74, 6) is -0.365. The van der Waals surface area contributed by atoms with E-state index >= 15 is 0 Å². The number of rotatable bonds is 6. The molecule has 5 rings (SSSR count). The summed E-state index contributed by atoms with van der Waals surface area (Å²) in [5.41, 5.74) is 9.29. The first-order valence-electron chi connectivity index (χ1n) is 13.2. The van der Waals surface area contributed by atoms with Crippen LogP contribution in [0.3, 0.4) is 0 Å². The highest BCUT2D eigenvalue weighted by Crippen LogP contribution is 2.23. The first-order chi connectivity index (χ1) is 19.2. The molecule has 0 saturated heterocycles. The molecule has 0 unspecified atom stereocenters. The highest BCUT2D eigenvalue weighted by atomic mass is 16.2. The van der Waals surface area contributed by atoms with Crippen LogP contribution < -0.4 is 10.9 Å². The van der Waals surface area contributed by atoms with Crippen LogP contribution in [0.4, 0.5) is 11.4 Å². The Morgan fingerprint density at radius 1 is 0.800 bits per heavy atom. The van der Waals surface area contributed by atoms with Crippen LogP contribution in [0.2, 0.25) is 0 Å². The molecular formula is C33H33N5O2. The van der Waals surface area contributed by atoms with E-state index in [9.17, 15) is 9.59 Å². The van der Waals surface area contributed by atoms with Gasteiger partial charge in [-0.1, -0.05) is 30.3 Å². The van der Waals surface area contributed by atoms with Crippen molar-refractivity contribution in [3.8, 4) is 11.4 Å². The zero-order chi connectivity index (χ0) is 28.6. The Bertz CT molecular complexity index is 1820. The molecule has 7 heteroatoms. The van der Waals surface area contributed by atoms with Gasteiger partial charge in [-0.15, -0.1) is 0 Å². The molecule has 202 valence electrons. The lowest BCUT2D eigenvalue weighted by molar-refractivity contribution is 0.102. The molecule has 0 radical (unpaired) electrons. The van der Waals surface area contributed by atoms with Crippen LogP contribution in [-0.2, 0) is 7.05 Å². The van der Waals surface area contributed by atoms with Gasteiger partial charge in [-0.2, -0.15) is 0 Å². The van der Waals surface area contributed by atoms with Crippen molar-refractivity contribution in [2.45, 2.75) is 34.6 Å². The predicted octanol–water partition coefficient (Wildman–Crippen LogP) is 6.51. The largest absolute Gasteiger partial charge is 0.318 e. The number of amides is 1. The number of benzene rings is 3. The predicted molar refractivity (Wildman–Crippen MR) is 162 cm³/mol. The molecule has 0 saturated carbocycles. The van der Waals surface area contributed by atoms with Crippen LogP contribution in [-0.4, -0.2) is 26.1 Å². The van der Waals surface area contributed by atoms with E-state index in [0.717, 1.165) is 28.3 Å². The Labute approximate surface area is 234 Å². The van der Waals surface area contributed by atoms with Gasteiger partial charge in [-0.3, -0.25) is 19.3 Å². The van der Waals surface area contributed by atoms with Crippen LogP contribution in [0.25, 0.3) is 11.4 Å². The van der Waals surface area contributed by atoms with E-state index in [4.69, 9.17) is 0 Å². The fourth-order valence-electron chi connectivity index (χ4n) is 4.95. The van der Waals surface area contributed by atoms with Gasteiger partial charge in [0.05, 0.1) is 17.1 Å². The van der Waals surface area contributed by atoms with E-state index in [2.05, 4.69) is 66.8 Å². The average molecular weight is 532 g/mol. The maximum atomic E-state index is 13.2. The second-order valence-electron chi connectivity index (χ2n) is 10.1. The topological polar surface area (TPSA) is 73.3 Å². The van der Waals surface area contributed by atoms with Crippen molar-refractivity contribution in [3.63, 3.8) is 0 Å². The van der Waals surface area contributed by atoms with Crippen LogP contribution in [0, 0.1) is 34.6 Å². The summed E-state index contributed by atoms with van der Waals surface area (Å²) < 4.78 is 5.50. The number of anilines is 1. The number of carbonyl (C=O) groups excluding carboxylic acids is 1. The Morgan fingerprint density at radius 3 is 2.27 bits per heavy atom. The Kier molecular flexibility index (Phi) is 7.13. The van der Waals surface area contributed by atoms with Crippen LogP contribution in [0.5, 0.6) is 0 Å². The van der Waals surface area contributed by atoms with Gasteiger partial charge in [0.1, 0.15) is 5.69 Å². The number of aromatic nitrogens is 3. The molecular weight excluding hydrogens is 498 g/mol. The molecule has 2 heterocycles. The molecule has 0 aliphatic rings. The number of hydrogen-bond donors (Lipinski definition) is 1. The van der Waals surface area contributed by atoms with Gasteiger partial charge in [0, 0.05) is 41.5 Å². The van der Waals surface area contributed by atoms with Crippen molar-refractivity contribution in [2.75, 3.05) is 5.32 Å². The summed E-state index contributed by atoms with van der Waals surface area (Å²) in [6.07, 6.45) is 1.83. The first kappa shape index (κ1) is 26.7. The molecule has 3 aromatic carbocycles. The van der Waals surface area contributed by atoms with E-state index in [-0.39, 0.29) is 17.2 Å². The van der Waals surface area contributed by atoms with Crippen molar-refractivity contribution >= 4 is 23.5 Å². The van der Waals surface area contributed by atoms with Crippen LogP contribution in [0.1, 0.15) is 44.1 Å². The standard InChI is InChI=1S/C33H33N5O2/c1-21-15-16-30(17-22(21)2)37-23(3)18-27(24(37)4)20-34-28-12-10-11-26(19-28)32(39)35-31-25(5)36(6)38(33(31)40)29-13-8-7-9-14-29/h7-20H,1-6H3,(H,35,39). The second kappa shape index (κ2) is 10.7. The second-order valence-corrected chi connectivity index (χ2v) is 10.1. The fraction of sp³-hybridized carbons (Fsp3) is 0.182. The Hall–Kier alpha value is -4.91. The van der Waals surface area contributed by atoms with Crippen molar-refractivity contribution in [1.82, 2.24) is 13.9 Å². The zero-order valence-electron chi connectivity index (χ0n) is 23.7. The molecule has 0 fully saturated rings. The minimum absolute atomic E-state index is 0.254. The lowest BCUT2D eigenvalue weighted by Crippen LogP contribution is -2.22. The third-order valence-electron chi connectivity index (χ3n) is 7.47. The number of aliphatic imine (C=N–C) groups is 1. The summed E-state index contributed by atoms with van der Waals surface area (Å²) in [7, 11) is 1.80. The van der Waals surface area contributed by atoms with Gasteiger partial charge in [-0.05, 0) is 94.3 Å². The minimum Gasteiger partial charge on any atom is -0.318 e. The molecule has 7 nitrogen and oxygen atoms in total. The van der Waals surface area contributed by atoms with Crippen molar-refractivity contribution in [2.24, 2.45) is 12.0 Å². The van der Waals surface area contributed by atoms with Gasteiger partial charge in [0.25, 0.3) is 11.5 Å². The van der Waals surface area contributed by atoms with E-state index in [1.165, 1.54) is 11.1 Å². The van der Waals surface area contributed by atoms with Gasteiger partial charge in [0.15, 0.2) is 0 Å². The monoisotopic (exact) mass is 531 g/mol. The highest BCUT2D eigenvalue weighted by molar-refractivity contribution is 6.05. The molecule has 40 heavy (non-hydrogen) atoms. The number of nitrogens with one attached hydrogen (secondary N) is 1. The van der Waals surface area contributed by atoms with Crippen LogP contribution in [0.15, 0.2) is 88.6 Å². The summed E-state index contributed by atoms with van der Waals surface area (Å²) >= 11 is 0. The third-order valence-corrected chi connectivity index (χ3v) is 7.47. The number of aryl methyl sites for hydroxylation is 3. The summed E-state index contributed by atoms with van der Waals surface area (Å²) in [6.45, 7) is 10.2. The maximum absolute atomic E-state index is 13.2. The quantitative estimate of drug-likeness (QED) is 0.254. The highest BCUT2D eigenvalue weighted by Gasteiger charge is 2.19. The average Bonchev–Trinajstić information content (AvgIpc) is 3.35. The molecule has 5 aromatic rings. The van der Waals surface area contributed by atoms with E-state index in [0.29, 0.717) is 16.9 Å². The Morgan fingerprint density at radius 2 is 1.55 bits per heavy atom. The maximum Gasteiger partial charge on any atom is 0.295 e. The number of para-hydroxylation sites is 1. The van der Waals surface area contributed by atoms with Crippen molar-refractivity contribution < 1.29 is 4.79 Å². The number of hydrogen-bond acceptors (Lipinski definition) is 3. The van der Waals surface area contributed by atoms with Gasteiger partial charge >= 0.3 is 0 Å². The van der Waals surface area contributed by atoms with Gasteiger partial charge in [0.2, 0.25) is 0 Å². The molecule has 0 aliphatic heterocycles. The van der Waals surface area contributed by atoms with Crippen molar-refractivity contribution in [3.05, 3.63) is 129 Å². The smallest absolute Gasteiger partial charge is 0.295 e. The molecule has 1 N–H and O–H groups in total. The van der Waals surface area contributed by atoms with E-state index in [1.54, 1.807) is 34.6 Å². The van der Waals surface area contributed by atoms with Gasteiger partial charge in [-0.25, -0.2) is 4.68 Å². The molecule has 2 aromatic heterocycles. The molecule has 0 atom stereocenters. The lowest BCUT2D eigenvalue weighted by Gasteiger charge is -2.11. The zero-order valence-corrected chi connectivity index (χ0v) is 23.7. The van der Waals surface area contributed by atoms with Crippen molar-refractivity contribution in [1.29, 1.82) is 0 Å². The van der Waals surface area contributed by atoms with Crippen LogP contribution >= 0.6 is 0 Å². The third kappa shape index (κ3) is 4.94. The van der Waals surface area contributed by atoms with Gasteiger partial charge < -0.3 is 9.88 Å². The lowest BCUT2D eigenvalue weighted by atomic mass is 10.1. The Balaban J connectivity index is 1.39.